The van der Waals surface area contributed by atoms with E-state index < -0.39 is 5.91 Å². The molecule has 1 aromatic rings. The first-order valence-electron chi connectivity index (χ1n) is 5.93. The highest BCUT2D eigenvalue weighted by molar-refractivity contribution is 6.41. The summed E-state index contributed by atoms with van der Waals surface area (Å²) >= 11 is 11.4. The van der Waals surface area contributed by atoms with Crippen molar-refractivity contribution in [2.24, 2.45) is 0 Å². The van der Waals surface area contributed by atoms with Crippen molar-refractivity contribution in [2.45, 2.75) is 19.4 Å². The highest BCUT2D eigenvalue weighted by Crippen LogP contribution is 2.19. The number of aromatic nitrogens is 1. The maximum Gasteiger partial charge on any atom is 0.253 e. The van der Waals surface area contributed by atoms with Gasteiger partial charge in [-0.3, -0.25) is 9.59 Å². The van der Waals surface area contributed by atoms with E-state index in [-0.39, 0.29) is 40.8 Å². The number of rotatable bonds is 6. The number of halogens is 2. The Hall–Kier alpha value is -1.37. The third-order valence-corrected chi connectivity index (χ3v) is 3.12. The van der Waals surface area contributed by atoms with Crippen molar-refractivity contribution < 1.29 is 14.7 Å². The van der Waals surface area contributed by atoms with Crippen molar-refractivity contribution in [3.05, 3.63) is 28.0 Å². The number of aliphatic hydroxyl groups excluding tert-OH is 1. The standard InChI is InChI=1S/C12H15Cl2N3O3/c1-7(2-3-18)17-10(19)6-16-12(20)8-4-9(13)11(14)15-5-8/h4-5,7,18H,2-3,6H2,1H3,(H,16,20)(H,17,19). The second-order valence-electron chi connectivity index (χ2n) is 4.16. The van der Waals surface area contributed by atoms with E-state index in [1.807, 2.05) is 0 Å². The van der Waals surface area contributed by atoms with Crippen molar-refractivity contribution in [2.75, 3.05) is 13.2 Å². The van der Waals surface area contributed by atoms with Crippen LogP contribution in [0.3, 0.4) is 0 Å². The highest BCUT2D eigenvalue weighted by atomic mass is 35.5. The predicted octanol–water partition coefficient (Wildman–Crippen LogP) is 1.01. The normalized spacial score (nSPS) is 11.8. The molecule has 0 bridgehead atoms. The summed E-state index contributed by atoms with van der Waals surface area (Å²) in [5, 5.41) is 14.1. The van der Waals surface area contributed by atoms with Gasteiger partial charge in [0, 0.05) is 18.8 Å². The summed E-state index contributed by atoms with van der Waals surface area (Å²) in [5.74, 6) is -0.812. The number of carbonyl (C=O) groups is 2. The molecule has 2 amide bonds. The number of amides is 2. The zero-order valence-corrected chi connectivity index (χ0v) is 12.3. The van der Waals surface area contributed by atoms with Crippen LogP contribution >= 0.6 is 23.2 Å². The Morgan fingerprint density at radius 2 is 2.15 bits per heavy atom. The molecule has 1 rings (SSSR count). The Bertz CT molecular complexity index is 497. The predicted molar refractivity (Wildman–Crippen MR) is 75.9 cm³/mol. The van der Waals surface area contributed by atoms with Gasteiger partial charge in [0.05, 0.1) is 17.1 Å². The van der Waals surface area contributed by atoms with Gasteiger partial charge in [-0.1, -0.05) is 23.2 Å². The lowest BCUT2D eigenvalue weighted by Crippen LogP contribution is -2.41. The molecule has 0 spiro atoms. The van der Waals surface area contributed by atoms with Crippen molar-refractivity contribution in [3.8, 4) is 0 Å². The van der Waals surface area contributed by atoms with Gasteiger partial charge in [0.15, 0.2) is 0 Å². The van der Waals surface area contributed by atoms with Gasteiger partial charge in [-0.2, -0.15) is 0 Å². The molecular weight excluding hydrogens is 305 g/mol. The third-order valence-electron chi connectivity index (χ3n) is 2.44. The van der Waals surface area contributed by atoms with Gasteiger partial charge in [-0.05, 0) is 19.4 Å². The van der Waals surface area contributed by atoms with Crippen molar-refractivity contribution in [1.29, 1.82) is 0 Å². The Balaban J connectivity index is 2.46. The van der Waals surface area contributed by atoms with Crippen LogP contribution in [0.1, 0.15) is 23.7 Å². The molecule has 0 saturated heterocycles. The number of carbonyl (C=O) groups excluding carboxylic acids is 2. The van der Waals surface area contributed by atoms with Crippen LogP contribution in [-0.2, 0) is 4.79 Å². The minimum absolute atomic E-state index is 0.0112. The van der Waals surface area contributed by atoms with E-state index in [1.54, 1.807) is 6.92 Å². The molecule has 0 radical (unpaired) electrons. The SMILES string of the molecule is CC(CCO)NC(=O)CNC(=O)c1cnc(Cl)c(Cl)c1. The van der Waals surface area contributed by atoms with Gasteiger partial charge in [-0.25, -0.2) is 4.98 Å². The van der Waals surface area contributed by atoms with Crippen LogP contribution in [0.5, 0.6) is 0 Å². The van der Waals surface area contributed by atoms with Gasteiger partial charge in [-0.15, -0.1) is 0 Å². The molecule has 6 nitrogen and oxygen atoms in total. The van der Waals surface area contributed by atoms with Crippen LogP contribution in [0.15, 0.2) is 12.3 Å². The van der Waals surface area contributed by atoms with E-state index >= 15 is 0 Å². The van der Waals surface area contributed by atoms with E-state index in [2.05, 4.69) is 15.6 Å². The van der Waals surface area contributed by atoms with Gasteiger partial charge in [0.1, 0.15) is 5.15 Å². The first kappa shape index (κ1) is 16.7. The lowest BCUT2D eigenvalue weighted by atomic mass is 10.2. The smallest absolute Gasteiger partial charge is 0.253 e. The topological polar surface area (TPSA) is 91.3 Å². The van der Waals surface area contributed by atoms with E-state index in [0.29, 0.717) is 6.42 Å². The lowest BCUT2D eigenvalue weighted by Gasteiger charge is -2.12. The first-order chi connectivity index (χ1) is 9.43. The van der Waals surface area contributed by atoms with E-state index in [1.165, 1.54) is 12.3 Å². The summed E-state index contributed by atoms with van der Waals surface area (Å²) in [6, 6.07) is 1.22. The van der Waals surface area contributed by atoms with Gasteiger partial charge < -0.3 is 15.7 Å². The third kappa shape index (κ3) is 5.32. The van der Waals surface area contributed by atoms with Crippen LogP contribution < -0.4 is 10.6 Å². The minimum atomic E-state index is -0.471. The fourth-order valence-electron chi connectivity index (χ4n) is 1.40. The summed E-state index contributed by atoms with van der Waals surface area (Å²) in [6.07, 6.45) is 1.73. The highest BCUT2D eigenvalue weighted by Gasteiger charge is 2.11. The molecule has 0 aliphatic heterocycles. The molecule has 1 aromatic heterocycles. The summed E-state index contributed by atoms with van der Waals surface area (Å²) in [7, 11) is 0. The lowest BCUT2D eigenvalue weighted by molar-refractivity contribution is -0.120. The summed E-state index contributed by atoms with van der Waals surface area (Å²) in [5.41, 5.74) is 0.218. The van der Waals surface area contributed by atoms with Crippen LogP contribution in [0.25, 0.3) is 0 Å². The molecule has 3 N–H and O–H groups in total. The molecule has 20 heavy (non-hydrogen) atoms. The number of hydrogen-bond acceptors (Lipinski definition) is 4. The van der Waals surface area contributed by atoms with Crippen LogP contribution in [-0.4, -0.2) is 41.1 Å². The second-order valence-corrected chi connectivity index (χ2v) is 4.93. The molecule has 0 aliphatic carbocycles. The number of hydrogen-bond donors (Lipinski definition) is 3. The maximum absolute atomic E-state index is 11.8. The summed E-state index contributed by atoms with van der Waals surface area (Å²) in [6.45, 7) is 1.58. The van der Waals surface area contributed by atoms with Gasteiger partial charge in [0.2, 0.25) is 5.91 Å². The molecule has 110 valence electrons. The molecule has 0 saturated carbocycles. The van der Waals surface area contributed by atoms with Gasteiger partial charge >= 0.3 is 0 Å². The zero-order valence-electron chi connectivity index (χ0n) is 10.8. The number of pyridine rings is 1. The minimum Gasteiger partial charge on any atom is -0.396 e. The largest absolute Gasteiger partial charge is 0.396 e. The van der Waals surface area contributed by atoms with E-state index in [9.17, 15) is 9.59 Å². The number of nitrogens with one attached hydrogen (secondary N) is 2. The Kier molecular flexibility index (Phi) is 6.70. The Labute approximate surface area is 126 Å². The number of aliphatic hydroxyl groups is 1. The van der Waals surface area contributed by atoms with Crippen molar-refractivity contribution in [1.82, 2.24) is 15.6 Å². The monoisotopic (exact) mass is 319 g/mol. The maximum atomic E-state index is 11.8. The van der Waals surface area contributed by atoms with E-state index in [0.717, 1.165) is 0 Å². The van der Waals surface area contributed by atoms with Crippen LogP contribution in [0.2, 0.25) is 10.2 Å². The molecule has 0 fully saturated rings. The molecular formula is C12H15Cl2N3O3. The molecule has 1 heterocycles. The first-order valence-corrected chi connectivity index (χ1v) is 6.69. The Morgan fingerprint density at radius 1 is 1.45 bits per heavy atom. The Morgan fingerprint density at radius 3 is 2.75 bits per heavy atom. The van der Waals surface area contributed by atoms with Gasteiger partial charge in [0.25, 0.3) is 5.91 Å². The van der Waals surface area contributed by atoms with Crippen molar-refractivity contribution >= 4 is 35.0 Å². The molecule has 1 unspecified atom stereocenters. The van der Waals surface area contributed by atoms with Crippen molar-refractivity contribution in [3.63, 3.8) is 0 Å². The summed E-state index contributed by atoms with van der Waals surface area (Å²) < 4.78 is 0. The van der Waals surface area contributed by atoms with E-state index in [4.69, 9.17) is 28.3 Å². The number of nitrogens with zero attached hydrogens (tertiary/aromatic N) is 1. The molecule has 8 heteroatoms. The molecule has 0 aliphatic rings. The quantitative estimate of drug-likeness (QED) is 0.682. The average molecular weight is 320 g/mol. The fraction of sp³-hybridized carbons (Fsp3) is 0.417. The second kappa shape index (κ2) is 8.04. The molecule has 1 atom stereocenters. The fourth-order valence-corrected chi connectivity index (χ4v) is 1.67. The van der Waals surface area contributed by atoms with Crippen LogP contribution in [0.4, 0.5) is 0 Å². The summed E-state index contributed by atoms with van der Waals surface area (Å²) in [4.78, 5) is 27.0. The van der Waals surface area contributed by atoms with Crippen LogP contribution in [0, 0.1) is 0 Å². The zero-order chi connectivity index (χ0) is 15.1. The average Bonchev–Trinajstić information content (AvgIpc) is 2.39. The molecule has 0 aromatic carbocycles.